The highest BCUT2D eigenvalue weighted by atomic mass is 31.2. The zero-order chi connectivity index (χ0) is 76.0. The van der Waals surface area contributed by atoms with Crippen molar-refractivity contribution in [3.05, 3.63) is 90.0 Å². The van der Waals surface area contributed by atoms with Gasteiger partial charge in [-0.3, -0.25) is 57.0 Å². The number of nitrogens with one attached hydrogen (secondary N) is 2. The first-order valence-electron chi connectivity index (χ1n) is 31.9. The van der Waals surface area contributed by atoms with E-state index in [1.165, 1.54) is 30.0 Å². The lowest BCUT2D eigenvalue weighted by Gasteiger charge is -2.41. The third-order valence-corrected chi connectivity index (χ3v) is 26.9. The summed E-state index contributed by atoms with van der Waals surface area (Å²) in [6, 6.07) is 3.65. The summed E-state index contributed by atoms with van der Waals surface area (Å²) in [6.45, 7) is 32.0. The first-order chi connectivity index (χ1) is 48.6. The molecule has 103 heavy (non-hydrogen) atoms. The van der Waals surface area contributed by atoms with Gasteiger partial charge in [0.1, 0.15) is 54.8 Å². The first kappa shape index (κ1) is 81.3. The Morgan fingerprint density at radius 3 is 1.83 bits per heavy atom. The molecule has 2 aliphatic heterocycles. The highest BCUT2D eigenvalue weighted by Gasteiger charge is 2.57. The summed E-state index contributed by atoms with van der Waals surface area (Å²) in [5.74, 6) is 45.6. The normalized spacial score (nSPS) is 18.5. The lowest BCUT2D eigenvalue weighted by atomic mass is 10.0. The van der Waals surface area contributed by atoms with Gasteiger partial charge < -0.3 is 42.5 Å². The second-order valence-electron chi connectivity index (χ2n) is 26.2. The number of anilines is 1. The predicted octanol–water partition coefficient (Wildman–Crippen LogP) is 11.8. The molecular weight excluding hydrogens is 1380 g/mol. The van der Waals surface area contributed by atoms with Gasteiger partial charge in [0, 0.05) is 133 Å². The number of aliphatic hydroxyl groups excluding tert-OH is 1. The van der Waals surface area contributed by atoms with Crippen LogP contribution >= 0.6 is 7.82 Å². The van der Waals surface area contributed by atoms with Crippen molar-refractivity contribution in [1.29, 1.82) is 0 Å². The van der Waals surface area contributed by atoms with Crippen molar-refractivity contribution in [1.82, 2.24) is 28.7 Å². The topological polar surface area (TPSA) is 313 Å². The molecule has 0 aliphatic carbocycles. The van der Waals surface area contributed by atoms with Gasteiger partial charge in [-0.05, 0) is 128 Å². The van der Waals surface area contributed by atoms with Crippen LogP contribution in [-0.4, -0.2) is 137 Å². The second kappa shape index (κ2) is 36.3. The average molecular weight is 1500 g/mol. The number of ether oxygens (including phenoxy) is 4. The molecule has 3 N–H and O–H groups in total. The molecule has 3 unspecified atom stereocenters. The Morgan fingerprint density at radius 1 is 0.777 bits per heavy atom. The molecule has 0 bridgehead atoms. The molecule has 1 aromatic carbocycles. The molecule has 2 aliphatic rings. The monoisotopic (exact) mass is 1490 g/mol. The Bertz CT molecular complexity index is 5080. The molecule has 3 aromatic heterocycles. The number of aliphatic hydroxyl groups is 1. The maximum atomic E-state index is 15.7. The highest BCUT2D eigenvalue weighted by Crippen LogP contribution is 2.55. The minimum atomic E-state index is -5.16. The van der Waals surface area contributed by atoms with Crippen molar-refractivity contribution in [2.24, 2.45) is 5.92 Å². The Labute approximate surface area is 632 Å². The number of phosphoric acid groups is 1. The molecule has 1 amide bonds. The van der Waals surface area contributed by atoms with Crippen LogP contribution in [-0.2, 0) is 55.6 Å². The van der Waals surface area contributed by atoms with Crippen LogP contribution in [0.3, 0.4) is 0 Å². The number of Topliss-reactive ketones (excluding diaryl/α,β-unsaturated/α-hetero) is 1. The van der Waals surface area contributed by atoms with E-state index in [0.717, 1.165) is 16.8 Å². The van der Waals surface area contributed by atoms with Crippen molar-refractivity contribution in [2.75, 3.05) is 31.7 Å². The number of H-pyrrole nitrogens is 1. The van der Waals surface area contributed by atoms with E-state index < -0.39 is 150 Å². The van der Waals surface area contributed by atoms with E-state index in [-0.39, 0.29) is 78.6 Å². The maximum absolute atomic E-state index is 15.7. The number of terminal acetylenes is 1. The Morgan fingerprint density at radius 2 is 1.31 bits per heavy atom. The summed E-state index contributed by atoms with van der Waals surface area (Å²) in [4.78, 5) is 111. The van der Waals surface area contributed by atoms with Crippen molar-refractivity contribution in [3.8, 4) is 137 Å². The average Bonchev–Trinajstić information content (AvgIpc) is 1.62. The molecule has 2 fully saturated rings. The maximum Gasteiger partial charge on any atom is 0.475 e. The molecule has 0 saturated carbocycles. The SMILES string of the molecule is [C-]#[N+]CCOP(=O)(OC[C@H]1O[C@@H](n2ccc(=O)n(C(=O)c3cc(C)c(C)c(OC#CC#CC#CC#CC#CC#CC#CC#CC#CC#CC#C)c3)c2=O)[C@@H](O[Si](C)(C)C(C)(C)C)C1OC(=O)CCC(C)=O)OC1[C@@H](CO)O[C@@H](n2cnc3c(=O)[nH]c(NC(=O)C(C)C)nc32)[C@H]1O[Si](C)(C)C(C)(C)C.[HH].[HH].[HH].[HH].[HH].[HH].[HH].[HH].[HH].[HH].[HH].[HH].[HH].[HH].[HH].[HH].[HH].[HH].[HH].[HH].[HH].[HH]. The van der Waals surface area contributed by atoms with Crippen LogP contribution in [0.1, 0.15) is 140 Å². The zero-order valence-electron chi connectivity index (χ0n) is 59.4. The number of hydrogen-bond donors (Lipinski definition) is 3. The Kier molecular flexibility index (Phi) is 28.6. The van der Waals surface area contributed by atoms with Gasteiger partial charge in [0.2, 0.25) is 18.4 Å². The van der Waals surface area contributed by atoms with E-state index in [2.05, 4.69) is 150 Å². The quantitative estimate of drug-likeness (QED) is 0.0155. The number of esters is 1. The van der Waals surface area contributed by atoms with Gasteiger partial charge in [0.15, 0.2) is 46.4 Å². The molecule has 2 saturated heterocycles. The van der Waals surface area contributed by atoms with Gasteiger partial charge in [-0.2, -0.15) is 9.55 Å². The summed E-state index contributed by atoms with van der Waals surface area (Å²) in [7, 11) is -11.3. The van der Waals surface area contributed by atoms with Crippen molar-refractivity contribution in [3.63, 3.8) is 0 Å². The van der Waals surface area contributed by atoms with Gasteiger partial charge in [0.05, 0.1) is 26.0 Å². The fourth-order valence-corrected chi connectivity index (χ4v) is 12.9. The standard InChI is InChI=1S/C74H75N8O18PSi2.22H2/c1-18-19-20-21-22-23-24-25-26-27-28-29-30-31-32-33-34-35-36-37-43-92-55-46-54(45-51(4)53(55)6)68(89)82-58(85)40-42-80(72(82)90)69-63(99-102(14,15)73(7,8)9)61(97-59(86)39-38-52(5)84)57(96-69)48-94-101(91,93-44-41-75-13)98-62-56(47-83)95-70(64(62)100-103(16,17)74(10,11)12)81-49-76-60-65(81)77-71(79-67(60)88)78-66(87)50(2)3;;;;;;;;;;;;;;;;;;;;;;/h1,40,42,45-46,49-50,56-57,61-64,69-70,83H,38-39,41,44,47-48H2,2-12,14-17H3,(H2,77,78,79,87,88);22*1H/t56-,57-,61?,62?,63+,64+,69-,70-,101?;;;;;;;;;;;;;;;;;;;;;;/m1....................../s1. The molecule has 9 atom stereocenters. The summed E-state index contributed by atoms with van der Waals surface area (Å²) in [5, 5.41) is 12.6. The molecule has 6 rings (SSSR count). The fraction of sp³-hybridized carbons (Fsp3) is 0.432. The van der Waals surface area contributed by atoms with E-state index in [1.54, 1.807) is 27.7 Å². The number of fused-ring (bicyclic) bond motifs is 1. The van der Waals surface area contributed by atoms with Crippen LogP contribution in [0.25, 0.3) is 16.0 Å². The van der Waals surface area contributed by atoms with E-state index in [1.807, 2.05) is 67.7 Å². The van der Waals surface area contributed by atoms with E-state index >= 15 is 9.36 Å². The Hall–Kier alpha value is -10.7. The second-order valence-corrected chi connectivity index (χ2v) is 37.3. The predicted molar refractivity (Wildman–Crippen MR) is 431 cm³/mol. The number of phosphoric ester groups is 1. The van der Waals surface area contributed by atoms with E-state index in [4.69, 9.17) is 54.4 Å². The number of aromatic nitrogens is 6. The molecule has 29 heteroatoms. The van der Waals surface area contributed by atoms with Gasteiger partial charge in [-0.25, -0.2) is 20.9 Å². The summed E-state index contributed by atoms with van der Waals surface area (Å²) in [6.07, 6.45) is -3.00. The number of hydrogen-bond acceptors (Lipinski definition) is 20. The summed E-state index contributed by atoms with van der Waals surface area (Å²) < 4.78 is 75.9. The van der Waals surface area contributed by atoms with Crippen LogP contribution in [0.4, 0.5) is 5.95 Å². The Balaban J connectivity index is -0.000000353. The number of imidazole rings is 1. The number of ketones is 1. The van der Waals surface area contributed by atoms with Gasteiger partial charge in [-0.15, -0.1) is 6.42 Å². The number of amides is 1. The largest absolute Gasteiger partial charge is 0.475 e. The number of aromatic amines is 1. The third-order valence-electron chi connectivity index (χ3n) is 16.5. The lowest BCUT2D eigenvalue weighted by Crippen LogP contribution is -2.51. The van der Waals surface area contributed by atoms with Crippen LogP contribution in [0.2, 0.25) is 36.3 Å². The van der Waals surface area contributed by atoms with Gasteiger partial charge >= 0.3 is 19.5 Å². The van der Waals surface area contributed by atoms with E-state index in [9.17, 15) is 33.9 Å². The summed E-state index contributed by atoms with van der Waals surface area (Å²) >= 11 is 0. The first-order valence-corrected chi connectivity index (χ1v) is 39.1. The van der Waals surface area contributed by atoms with Crippen molar-refractivity contribution in [2.45, 2.75) is 174 Å². The third kappa shape index (κ3) is 21.9. The lowest BCUT2D eigenvalue weighted by molar-refractivity contribution is -0.156. The molecule has 576 valence electrons. The number of nitrogens with zero attached hydrogens (tertiary/aromatic N) is 6. The number of carbonyl (C=O) groups excluding carboxylic acids is 4. The van der Waals surface area contributed by atoms with Gasteiger partial charge in [0.25, 0.3) is 17.0 Å². The van der Waals surface area contributed by atoms with Crippen molar-refractivity contribution < 1.29 is 102 Å². The van der Waals surface area contributed by atoms with Gasteiger partial charge in [-0.1, -0.05) is 55.4 Å². The number of benzene rings is 1. The minimum Gasteiger partial charge on any atom is -0.457 e. The van der Waals surface area contributed by atoms with Crippen LogP contribution in [0, 0.1) is 157 Å². The molecule has 0 spiro atoms. The molecular formula is C74H119N8O18PSi2. The smallest absolute Gasteiger partial charge is 0.457 e. The molecule has 0 radical (unpaired) electrons. The number of rotatable bonds is 23. The number of carbonyl (C=O) groups is 4. The fourth-order valence-electron chi connectivity index (χ4n) is 8.96. The summed E-state index contributed by atoms with van der Waals surface area (Å²) in [5.41, 5.74) is -2.41. The van der Waals surface area contributed by atoms with Crippen LogP contribution in [0.5, 0.6) is 5.75 Å². The van der Waals surface area contributed by atoms with Crippen molar-refractivity contribution >= 4 is 65.1 Å². The highest BCUT2D eigenvalue weighted by molar-refractivity contribution is 7.48. The molecule has 5 heterocycles. The molecule has 26 nitrogen and oxygen atoms in total. The zero-order valence-corrected chi connectivity index (χ0v) is 62.3. The molecule has 4 aromatic rings. The minimum absolute atomic E-state index is 0. The number of aryl methyl sites for hydroxylation is 1. The van der Waals surface area contributed by atoms with Crippen LogP contribution in [0.15, 0.2) is 45.1 Å². The van der Waals surface area contributed by atoms with Crippen LogP contribution < -0.4 is 26.9 Å². The van der Waals surface area contributed by atoms with E-state index in [0.29, 0.717) is 15.7 Å².